The molecule has 0 aromatic heterocycles. The van der Waals surface area contributed by atoms with Gasteiger partial charge in [0.25, 0.3) is 0 Å². The van der Waals surface area contributed by atoms with Crippen LogP contribution in [-0.2, 0) is 4.74 Å². The largest absolute Gasteiger partial charge is 0.490 e. The van der Waals surface area contributed by atoms with E-state index in [1.165, 1.54) is 95.8 Å². The smallest absolute Gasteiger partial charge is 0.122 e. The lowest BCUT2D eigenvalue weighted by atomic mass is 9.63. The molecule has 0 spiro atoms. The van der Waals surface area contributed by atoms with E-state index in [2.05, 4.69) is 17.2 Å². The van der Waals surface area contributed by atoms with Crippen LogP contribution >= 0.6 is 0 Å². The molecule has 0 aromatic rings. The van der Waals surface area contributed by atoms with E-state index in [-0.39, 0.29) is 0 Å². The number of rotatable bonds is 0. The minimum atomic E-state index is 0.502. The SMILES string of the molecule is C1=CN2C(CC3C4CCCCC4CCC32)C2=C1OC1CC[NH+]3C(CC4C5CCCCC5CCC43)C1C2. The molecule has 9 aliphatic rings. The fourth-order valence-corrected chi connectivity index (χ4v) is 12.7. The van der Waals surface area contributed by atoms with E-state index in [4.69, 9.17) is 4.74 Å². The van der Waals surface area contributed by atoms with Crippen molar-refractivity contribution < 1.29 is 9.64 Å². The molecule has 5 heterocycles. The van der Waals surface area contributed by atoms with Crippen molar-refractivity contribution in [3.05, 3.63) is 23.6 Å². The number of ether oxygens (including phenoxy) is 1. The predicted octanol–water partition coefficient (Wildman–Crippen LogP) is 5.48. The molecule has 7 fully saturated rings. The molecular formula is C33H49N2O+. The monoisotopic (exact) mass is 489 g/mol. The molecule has 0 radical (unpaired) electrons. The van der Waals surface area contributed by atoms with Crippen LogP contribution in [0.2, 0.25) is 0 Å². The third kappa shape index (κ3) is 3.07. The molecule has 196 valence electrons. The Balaban J connectivity index is 0.985. The molecule has 0 amide bonds. The summed E-state index contributed by atoms with van der Waals surface area (Å²) in [4.78, 5) is 4.92. The third-order valence-corrected chi connectivity index (χ3v) is 14.0. The zero-order valence-electron chi connectivity index (χ0n) is 22.5. The van der Waals surface area contributed by atoms with Gasteiger partial charge in [-0.3, -0.25) is 0 Å². The maximum atomic E-state index is 6.98. The highest BCUT2D eigenvalue weighted by atomic mass is 16.5. The van der Waals surface area contributed by atoms with Gasteiger partial charge in [0, 0.05) is 31.0 Å². The van der Waals surface area contributed by atoms with Crippen molar-refractivity contribution in [3.8, 4) is 0 Å². The van der Waals surface area contributed by atoms with Crippen LogP contribution in [0, 0.1) is 41.4 Å². The lowest BCUT2D eigenvalue weighted by Crippen LogP contribution is -3.19. The van der Waals surface area contributed by atoms with E-state index >= 15 is 0 Å². The molecule has 36 heavy (non-hydrogen) atoms. The van der Waals surface area contributed by atoms with Crippen LogP contribution in [0.25, 0.3) is 0 Å². The maximum Gasteiger partial charge on any atom is 0.122 e. The summed E-state index contributed by atoms with van der Waals surface area (Å²) in [7, 11) is 0. The Hall–Kier alpha value is -0.960. The lowest BCUT2D eigenvalue weighted by molar-refractivity contribution is -0.949. The Morgan fingerprint density at radius 1 is 0.694 bits per heavy atom. The number of nitrogens with one attached hydrogen (secondary N) is 1. The minimum Gasteiger partial charge on any atom is -0.490 e. The van der Waals surface area contributed by atoms with Crippen molar-refractivity contribution in [1.82, 2.24) is 4.90 Å². The topological polar surface area (TPSA) is 16.9 Å². The zero-order chi connectivity index (χ0) is 23.4. The lowest BCUT2D eigenvalue weighted by Gasteiger charge is -2.48. The summed E-state index contributed by atoms with van der Waals surface area (Å²) in [5, 5.41) is 0. The van der Waals surface area contributed by atoms with Gasteiger partial charge in [-0.2, -0.15) is 0 Å². The van der Waals surface area contributed by atoms with Crippen LogP contribution in [0.3, 0.4) is 0 Å². The quantitative estimate of drug-likeness (QED) is 0.485. The van der Waals surface area contributed by atoms with E-state index in [9.17, 15) is 0 Å². The van der Waals surface area contributed by atoms with Crippen LogP contribution in [0.15, 0.2) is 23.6 Å². The Labute approximate surface area is 219 Å². The number of hydrogen-bond donors (Lipinski definition) is 1. The van der Waals surface area contributed by atoms with Crippen molar-refractivity contribution >= 4 is 0 Å². The fraction of sp³-hybridized carbons (Fsp3) is 0.879. The summed E-state index contributed by atoms with van der Waals surface area (Å²) in [6, 6.07) is 3.37. The van der Waals surface area contributed by atoms with Gasteiger partial charge < -0.3 is 14.5 Å². The molecule has 5 aliphatic heterocycles. The van der Waals surface area contributed by atoms with Gasteiger partial charge in [-0.1, -0.05) is 38.5 Å². The first kappa shape index (κ1) is 21.9. The van der Waals surface area contributed by atoms with Crippen molar-refractivity contribution in [3.63, 3.8) is 0 Å². The second kappa shape index (κ2) is 8.27. The first-order valence-corrected chi connectivity index (χ1v) is 16.5. The standard InChI is InChI=1S/C33H48N2O/c1-3-7-22-20(5-1)9-11-28-24(22)18-30-26-17-27-31-19-25-23-8-4-2-6-21(23)10-12-29(25)35(31)16-14-33(27)36-32(26)13-15-34(28)30/h13,15,20-25,27-31,33H,1-12,14,16-19H2/p+1. The second-order valence-corrected chi connectivity index (χ2v) is 15.0. The van der Waals surface area contributed by atoms with Gasteiger partial charge in [0.15, 0.2) is 0 Å². The van der Waals surface area contributed by atoms with Gasteiger partial charge in [0.1, 0.15) is 11.9 Å². The normalized spacial score (nSPS) is 54.7. The number of nitrogens with zero attached hydrogens (tertiary/aromatic N) is 1. The third-order valence-electron chi connectivity index (χ3n) is 14.0. The molecule has 9 rings (SSSR count). The Morgan fingerprint density at radius 3 is 2.33 bits per heavy atom. The molecule has 3 nitrogen and oxygen atoms in total. The van der Waals surface area contributed by atoms with Gasteiger partial charge in [-0.15, -0.1) is 0 Å². The summed E-state index contributed by atoms with van der Waals surface area (Å²) in [5.41, 5.74) is 1.74. The average Bonchev–Trinajstić information content (AvgIpc) is 3.51. The molecule has 0 bridgehead atoms. The van der Waals surface area contributed by atoms with Crippen molar-refractivity contribution in [2.24, 2.45) is 41.4 Å². The minimum absolute atomic E-state index is 0.502. The molecule has 3 heteroatoms. The van der Waals surface area contributed by atoms with E-state index in [0.29, 0.717) is 12.1 Å². The molecule has 3 saturated heterocycles. The van der Waals surface area contributed by atoms with Crippen molar-refractivity contribution in [1.29, 1.82) is 0 Å². The van der Waals surface area contributed by atoms with Crippen LogP contribution in [0.5, 0.6) is 0 Å². The predicted molar refractivity (Wildman–Crippen MR) is 142 cm³/mol. The molecule has 4 aliphatic carbocycles. The molecule has 0 aromatic carbocycles. The first-order chi connectivity index (χ1) is 17.8. The van der Waals surface area contributed by atoms with Gasteiger partial charge in [0.2, 0.25) is 0 Å². The zero-order valence-corrected chi connectivity index (χ0v) is 22.5. The Morgan fingerprint density at radius 2 is 1.47 bits per heavy atom. The fourth-order valence-electron chi connectivity index (χ4n) is 12.7. The summed E-state index contributed by atoms with van der Waals surface area (Å²) in [5.74, 6) is 8.33. The van der Waals surface area contributed by atoms with Crippen molar-refractivity contribution in [2.75, 3.05) is 6.54 Å². The number of allylic oxidation sites excluding steroid dienone is 1. The molecule has 13 unspecified atom stereocenters. The summed E-state index contributed by atoms with van der Waals surface area (Å²) in [6.45, 7) is 1.39. The molecule has 13 atom stereocenters. The van der Waals surface area contributed by atoms with Gasteiger partial charge in [-0.25, -0.2) is 0 Å². The maximum absolute atomic E-state index is 6.98. The van der Waals surface area contributed by atoms with Gasteiger partial charge >= 0.3 is 0 Å². The Kier molecular flexibility index (Phi) is 5.03. The summed E-state index contributed by atoms with van der Waals surface area (Å²) < 4.78 is 6.98. The molecule has 4 saturated carbocycles. The number of fused-ring (bicyclic) bond motifs is 13. The van der Waals surface area contributed by atoms with Gasteiger partial charge in [0.05, 0.1) is 30.6 Å². The van der Waals surface area contributed by atoms with Crippen LogP contribution in [-0.4, -0.2) is 41.7 Å². The number of piperidine rings is 1. The Bertz CT molecular complexity index is 955. The number of hydrogen-bond acceptors (Lipinski definition) is 2. The van der Waals surface area contributed by atoms with Crippen LogP contribution in [0.4, 0.5) is 0 Å². The van der Waals surface area contributed by atoms with Crippen LogP contribution < -0.4 is 4.90 Å². The first-order valence-electron chi connectivity index (χ1n) is 16.5. The molecular weight excluding hydrogens is 440 g/mol. The van der Waals surface area contributed by atoms with E-state index in [1.54, 1.807) is 24.8 Å². The molecule has 1 N–H and O–H groups in total. The van der Waals surface area contributed by atoms with E-state index in [0.717, 1.165) is 59.6 Å². The second-order valence-electron chi connectivity index (χ2n) is 15.0. The van der Waals surface area contributed by atoms with E-state index < -0.39 is 0 Å². The highest BCUT2D eigenvalue weighted by Crippen LogP contribution is 2.55. The van der Waals surface area contributed by atoms with Crippen LogP contribution in [0.1, 0.15) is 103 Å². The van der Waals surface area contributed by atoms with Crippen molar-refractivity contribution in [2.45, 2.75) is 133 Å². The van der Waals surface area contributed by atoms with Gasteiger partial charge in [-0.05, 0) is 92.6 Å². The van der Waals surface area contributed by atoms with E-state index in [1.807, 2.05) is 4.90 Å². The summed E-state index contributed by atoms with van der Waals surface area (Å²) in [6.07, 6.45) is 29.3. The average molecular weight is 490 g/mol. The highest BCUT2D eigenvalue weighted by Gasteiger charge is 2.59. The summed E-state index contributed by atoms with van der Waals surface area (Å²) >= 11 is 0. The highest BCUT2D eigenvalue weighted by molar-refractivity contribution is 5.35. The number of quaternary nitrogens is 1.